The summed E-state index contributed by atoms with van der Waals surface area (Å²) < 4.78 is 1.98. The first-order valence-electron chi connectivity index (χ1n) is 10.3. The molecule has 3 rings (SSSR count). The van der Waals surface area contributed by atoms with Crippen LogP contribution in [0.5, 0.6) is 0 Å². The maximum atomic E-state index is 4.73. The largest absolute Gasteiger partial charge is 0.356 e. The predicted molar refractivity (Wildman–Crippen MR) is 131 cm³/mol. The molecule has 1 saturated heterocycles. The Bertz CT molecular complexity index is 744. The lowest BCUT2D eigenvalue weighted by atomic mass is 10.0. The van der Waals surface area contributed by atoms with E-state index < -0.39 is 0 Å². The van der Waals surface area contributed by atoms with Crippen LogP contribution in [-0.2, 0) is 20.1 Å². The second-order valence-corrected chi connectivity index (χ2v) is 8.51. The van der Waals surface area contributed by atoms with Gasteiger partial charge in [-0.25, -0.2) is 4.99 Å². The number of nitrogens with one attached hydrogen (secondary N) is 2. The average molecular weight is 532 g/mol. The van der Waals surface area contributed by atoms with Gasteiger partial charge in [0.1, 0.15) is 12.4 Å². The monoisotopic (exact) mass is 531 g/mol. The standard InChI is InChI=1S/C20H33N7S.HI/c1-16-8-4-5-11-27(16)12-7-10-21-20(22-14-18-9-6-13-28-18)23-15-19-25-24-17(2)26(19)3;/h6,9,13,16H,4-5,7-8,10-12,14-15H2,1-3H3,(H2,21,22,23);1H. The van der Waals surface area contributed by atoms with Gasteiger partial charge in [0.05, 0.1) is 6.54 Å². The summed E-state index contributed by atoms with van der Waals surface area (Å²) in [6, 6.07) is 4.94. The molecule has 162 valence electrons. The van der Waals surface area contributed by atoms with Crippen molar-refractivity contribution in [1.29, 1.82) is 0 Å². The Morgan fingerprint density at radius 2 is 2.17 bits per heavy atom. The molecule has 0 radical (unpaired) electrons. The number of aryl methyl sites for hydroxylation is 1. The molecule has 0 spiro atoms. The number of aliphatic imine (C=N–C) groups is 1. The molecule has 29 heavy (non-hydrogen) atoms. The van der Waals surface area contributed by atoms with Gasteiger partial charge in [-0.1, -0.05) is 12.5 Å². The molecule has 1 aliphatic heterocycles. The van der Waals surface area contributed by atoms with E-state index in [1.54, 1.807) is 11.3 Å². The fraction of sp³-hybridized carbons (Fsp3) is 0.650. The molecule has 0 bridgehead atoms. The molecule has 9 heteroatoms. The number of guanidine groups is 1. The van der Waals surface area contributed by atoms with E-state index in [-0.39, 0.29) is 24.0 Å². The van der Waals surface area contributed by atoms with Crippen LogP contribution in [0.4, 0.5) is 0 Å². The first-order valence-corrected chi connectivity index (χ1v) is 11.1. The SMILES string of the molecule is Cc1nnc(CN=C(NCCCN2CCCCC2C)NCc2cccs2)n1C.I. The van der Waals surface area contributed by atoms with Crippen molar-refractivity contribution < 1.29 is 0 Å². The van der Waals surface area contributed by atoms with E-state index in [0.717, 1.165) is 49.7 Å². The van der Waals surface area contributed by atoms with Gasteiger partial charge in [-0.2, -0.15) is 0 Å². The lowest BCUT2D eigenvalue weighted by Crippen LogP contribution is -2.41. The Labute approximate surface area is 195 Å². The minimum atomic E-state index is 0. The molecule has 0 aromatic carbocycles. The van der Waals surface area contributed by atoms with Gasteiger partial charge < -0.3 is 20.1 Å². The number of piperidine rings is 1. The van der Waals surface area contributed by atoms with Crippen molar-refractivity contribution in [2.24, 2.45) is 12.0 Å². The number of hydrogen-bond donors (Lipinski definition) is 2. The van der Waals surface area contributed by atoms with E-state index in [1.165, 1.54) is 30.7 Å². The molecule has 1 aliphatic rings. The maximum absolute atomic E-state index is 4.73. The van der Waals surface area contributed by atoms with Crippen molar-refractivity contribution >= 4 is 41.3 Å². The minimum Gasteiger partial charge on any atom is -0.356 e. The molecule has 0 saturated carbocycles. The molecule has 3 heterocycles. The smallest absolute Gasteiger partial charge is 0.192 e. The van der Waals surface area contributed by atoms with Crippen molar-refractivity contribution in [3.63, 3.8) is 0 Å². The average Bonchev–Trinajstić information content (AvgIpc) is 3.33. The van der Waals surface area contributed by atoms with Crippen LogP contribution in [0.1, 0.15) is 49.1 Å². The highest BCUT2D eigenvalue weighted by molar-refractivity contribution is 14.0. The number of nitrogens with zero attached hydrogens (tertiary/aromatic N) is 5. The third-order valence-corrected chi connectivity index (χ3v) is 6.30. The highest BCUT2D eigenvalue weighted by Gasteiger charge is 2.17. The maximum Gasteiger partial charge on any atom is 0.192 e. The van der Waals surface area contributed by atoms with Crippen molar-refractivity contribution in [2.45, 2.75) is 58.7 Å². The minimum absolute atomic E-state index is 0. The van der Waals surface area contributed by atoms with E-state index in [2.05, 4.69) is 50.2 Å². The first kappa shape index (κ1) is 24.1. The third kappa shape index (κ3) is 7.53. The van der Waals surface area contributed by atoms with Gasteiger partial charge in [-0.15, -0.1) is 45.5 Å². The molecule has 7 nitrogen and oxygen atoms in total. The second-order valence-electron chi connectivity index (χ2n) is 7.48. The molecule has 2 N–H and O–H groups in total. The Kier molecular flexibility index (Phi) is 10.4. The van der Waals surface area contributed by atoms with E-state index in [1.807, 2.05) is 18.5 Å². The molecular formula is C20H34IN7S. The van der Waals surface area contributed by atoms with Crippen molar-refractivity contribution in [3.05, 3.63) is 34.0 Å². The normalized spacial score (nSPS) is 17.8. The summed E-state index contributed by atoms with van der Waals surface area (Å²) in [4.78, 5) is 8.64. The Balaban J connectivity index is 0.00000300. The zero-order valence-electron chi connectivity index (χ0n) is 17.7. The van der Waals surface area contributed by atoms with Crippen molar-refractivity contribution in [3.8, 4) is 0 Å². The fourth-order valence-corrected chi connectivity index (χ4v) is 4.12. The Hall–Kier alpha value is -1.20. The van der Waals surface area contributed by atoms with Gasteiger partial charge in [-0.3, -0.25) is 0 Å². The van der Waals surface area contributed by atoms with Gasteiger partial charge in [0, 0.05) is 31.1 Å². The molecule has 0 amide bonds. The van der Waals surface area contributed by atoms with Crippen LogP contribution in [-0.4, -0.2) is 51.3 Å². The zero-order valence-corrected chi connectivity index (χ0v) is 20.9. The summed E-state index contributed by atoms with van der Waals surface area (Å²) in [7, 11) is 1.98. The van der Waals surface area contributed by atoms with Crippen LogP contribution < -0.4 is 10.6 Å². The third-order valence-electron chi connectivity index (χ3n) is 5.43. The number of thiophene rings is 1. The highest BCUT2D eigenvalue weighted by Crippen LogP contribution is 2.16. The van der Waals surface area contributed by atoms with Gasteiger partial charge >= 0.3 is 0 Å². The topological polar surface area (TPSA) is 70.4 Å². The molecule has 2 aromatic rings. The summed E-state index contributed by atoms with van der Waals surface area (Å²) in [5, 5.41) is 17.4. The fourth-order valence-electron chi connectivity index (χ4n) is 3.48. The van der Waals surface area contributed by atoms with Crippen LogP contribution in [0.2, 0.25) is 0 Å². The molecule has 1 atom stereocenters. The number of aromatic nitrogens is 3. The summed E-state index contributed by atoms with van der Waals surface area (Å²) in [6.45, 7) is 8.90. The second kappa shape index (κ2) is 12.5. The summed E-state index contributed by atoms with van der Waals surface area (Å²) >= 11 is 1.75. The quantitative estimate of drug-likeness (QED) is 0.237. The van der Waals surface area contributed by atoms with Crippen LogP contribution >= 0.6 is 35.3 Å². The lowest BCUT2D eigenvalue weighted by molar-refractivity contribution is 0.159. The van der Waals surface area contributed by atoms with Gasteiger partial charge in [0.25, 0.3) is 0 Å². The van der Waals surface area contributed by atoms with Gasteiger partial charge in [-0.05, 0) is 51.1 Å². The van der Waals surface area contributed by atoms with Crippen LogP contribution in [0.15, 0.2) is 22.5 Å². The van der Waals surface area contributed by atoms with E-state index >= 15 is 0 Å². The number of hydrogen-bond acceptors (Lipinski definition) is 5. The molecule has 1 unspecified atom stereocenters. The Morgan fingerprint density at radius 3 is 2.86 bits per heavy atom. The van der Waals surface area contributed by atoms with Crippen molar-refractivity contribution in [2.75, 3.05) is 19.6 Å². The van der Waals surface area contributed by atoms with E-state index in [0.29, 0.717) is 6.54 Å². The molecular weight excluding hydrogens is 497 g/mol. The zero-order chi connectivity index (χ0) is 19.8. The van der Waals surface area contributed by atoms with Crippen LogP contribution in [0, 0.1) is 6.92 Å². The van der Waals surface area contributed by atoms with Crippen molar-refractivity contribution in [1.82, 2.24) is 30.3 Å². The highest BCUT2D eigenvalue weighted by atomic mass is 127. The summed E-state index contributed by atoms with van der Waals surface area (Å²) in [6.07, 6.45) is 5.16. The van der Waals surface area contributed by atoms with Gasteiger partial charge in [0.15, 0.2) is 11.8 Å². The van der Waals surface area contributed by atoms with E-state index in [4.69, 9.17) is 4.99 Å². The van der Waals surface area contributed by atoms with Gasteiger partial charge in [0.2, 0.25) is 0 Å². The molecule has 0 aliphatic carbocycles. The molecule has 1 fully saturated rings. The van der Waals surface area contributed by atoms with E-state index in [9.17, 15) is 0 Å². The number of likely N-dealkylation sites (tertiary alicyclic amines) is 1. The number of halogens is 1. The summed E-state index contributed by atoms with van der Waals surface area (Å²) in [5.41, 5.74) is 0. The first-order chi connectivity index (χ1) is 13.6. The van der Waals surface area contributed by atoms with Crippen LogP contribution in [0.3, 0.4) is 0 Å². The Morgan fingerprint density at radius 1 is 1.31 bits per heavy atom. The summed E-state index contributed by atoms with van der Waals surface area (Å²) in [5.74, 6) is 2.61. The lowest BCUT2D eigenvalue weighted by Gasteiger charge is -2.33. The molecule has 2 aromatic heterocycles. The predicted octanol–water partition coefficient (Wildman–Crippen LogP) is 3.30. The van der Waals surface area contributed by atoms with Crippen LogP contribution in [0.25, 0.3) is 0 Å². The number of rotatable bonds is 8.